The van der Waals surface area contributed by atoms with Crippen LogP contribution in [0.2, 0.25) is 0 Å². The molecule has 1 heterocycles. The van der Waals surface area contributed by atoms with Crippen LogP contribution < -0.4 is 21.5 Å². The molecule has 0 aliphatic heterocycles. The summed E-state index contributed by atoms with van der Waals surface area (Å²) < 4.78 is 5.73. The Morgan fingerprint density at radius 1 is 1.17 bits per heavy atom. The lowest BCUT2D eigenvalue weighted by Gasteiger charge is -2.22. The van der Waals surface area contributed by atoms with Crippen molar-refractivity contribution in [2.75, 3.05) is 11.9 Å². The van der Waals surface area contributed by atoms with Gasteiger partial charge in [0.1, 0.15) is 5.75 Å². The Hall–Kier alpha value is -3.12. The molecule has 0 spiro atoms. The van der Waals surface area contributed by atoms with Crippen molar-refractivity contribution in [3.8, 4) is 5.75 Å². The molecule has 0 unspecified atom stereocenters. The molecule has 0 bridgehead atoms. The number of nitrogens with two attached hydrogens (primary N) is 2. The van der Waals surface area contributed by atoms with E-state index in [2.05, 4.69) is 17.2 Å². The Balaban J connectivity index is 2.00. The molecule has 2 aromatic carbocycles. The van der Waals surface area contributed by atoms with Gasteiger partial charge in [-0.05, 0) is 49.6 Å². The minimum absolute atomic E-state index is 0.101. The molecule has 0 radical (unpaired) electrons. The average molecular weight is 393 g/mol. The van der Waals surface area contributed by atoms with E-state index in [1.165, 1.54) is 0 Å². The highest BCUT2D eigenvalue weighted by Gasteiger charge is 2.17. The van der Waals surface area contributed by atoms with E-state index < -0.39 is 5.91 Å². The van der Waals surface area contributed by atoms with Crippen LogP contribution >= 0.6 is 0 Å². The second-order valence-electron chi connectivity index (χ2n) is 7.25. The molecule has 29 heavy (non-hydrogen) atoms. The molecule has 6 nitrogen and oxygen atoms in total. The maximum Gasteiger partial charge on any atom is 0.250 e. The van der Waals surface area contributed by atoms with E-state index in [1.807, 2.05) is 50.2 Å². The number of carbonyl (C=O) groups excluding carboxylic acids is 1. The van der Waals surface area contributed by atoms with Crippen molar-refractivity contribution >= 4 is 22.5 Å². The van der Waals surface area contributed by atoms with Gasteiger partial charge in [0.05, 0.1) is 23.2 Å². The van der Waals surface area contributed by atoms with Gasteiger partial charge in [0.2, 0.25) is 0 Å². The minimum atomic E-state index is -0.491. The predicted octanol–water partition coefficient (Wildman–Crippen LogP) is 3.80. The van der Waals surface area contributed by atoms with Gasteiger partial charge in [-0.2, -0.15) is 0 Å². The normalized spacial score (nSPS) is 12.2. The monoisotopic (exact) mass is 392 g/mol. The summed E-state index contributed by atoms with van der Waals surface area (Å²) in [5.41, 5.74) is 15.7. The molecule has 0 aliphatic carbocycles. The smallest absolute Gasteiger partial charge is 0.250 e. The standard InChI is InChI=1S/C23H28N4O2/c1-4-15-13-26-22-18(6-5-7-19(22)23(25)28)21(15)27-20(12-24)16-8-10-17(11-9-16)29-14(2)3/h5-11,13-14,20H,4,12,24H2,1-3H3,(H2,25,28)(H,26,27)/t20-/m1/s1. The second kappa shape index (κ2) is 8.92. The van der Waals surface area contributed by atoms with Gasteiger partial charge in [-0.1, -0.05) is 31.2 Å². The summed E-state index contributed by atoms with van der Waals surface area (Å²) in [6, 6.07) is 13.3. The topological polar surface area (TPSA) is 103 Å². The quantitative estimate of drug-likeness (QED) is 0.541. The molecule has 0 saturated heterocycles. The Bertz CT molecular complexity index is 1000. The van der Waals surface area contributed by atoms with E-state index in [4.69, 9.17) is 16.2 Å². The Labute approximate surface area is 171 Å². The van der Waals surface area contributed by atoms with Crippen LogP contribution in [0, 0.1) is 0 Å². The van der Waals surface area contributed by atoms with Crippen molar-refractivity contribution in [3.05, 3.63) is 65.4 Å². The van der Waals surface area contributed by atoms with E-state index in [-0.39, 0.29) is 12.1 Å². The molecule has 1 amide bonds. The number of para-hydroxylation sites is 1. The SMILES string of the molecule is CCc1cnc2c(C(N)=O)cccc2c1N[C@H](CN)c1ccc(OC(C)C)cc1. The first-order valence-electron chi connectivity index (χ1n) is 9.88. The number of pyridine rings is 1. The summed E-state index contributed by atoms with van der Waals surface area (Å²) >= 11 is 0. The number of anilines is 1. The lowest BCUT2D eigenvalue weighted by atomic mass is 10.0. The summed E-state index contributed by atoms with van der Waals surface area (Å²) in [6.07, 6.45) is 2.72. The molecular formula is C23H28N4O2. The molecule has 5 N–H and O–H groups in total. The van der Waals surface area contributed by atoms with Crippen LogP contribution in [0.1, 0.15) is 48.3 Å². The molecular weight excluding hydrogens is 364 g/mol. The number of aryl methyl sites for hydroxylation is 1. The highest BCUT2D eigenvalue weighted by molar-refractivity contribution is 6.08. The fourth-order valence-electron chi connectivity index (χ4n) is 3.41. The zero-order chi connectivity index (χ0) is 21.0. The lowest BCUT2D eigenvalue weighted by Crippen LogP contribution is -2.21. The van der Waals surface area contributed by atoms with Crippen LogP contribution in [0.25, 0.3) is 10.9 Å². The van der Waals surface area contributed by atoms with E-state index in [9.17, 15) is 4.79 Å². The molecule has 0 saturated carbocycles. The van der Waals surface area contributed by atoms with Gasteiger partial charge < -0.3 is 21.5 Å². The lowest BCUT2D eigenvalue weighted by molar-refractivity contribution is 0.100. The van der Waals surface area contributed by atoms with Gasteiger partial charge in [0.25, 0.3) is 5.91 Å². The second-order valence-corrected chi connectivity index (χ2v) is 7.25. The highest BCUT2D eigenvalue weighted by atomic mass is 16.5. The van der Waals surface area contributed by atoms with Crippen LogP contribution in [-0.2, 0) is 6.42 Å². The third-order valence-corrected chi connectivity index (χ3v) is 4.83. The summed E-state index contributed by atoms with van der Waals surface area (Å²) in [6.45, 7) is 6.48. The number of hydrogen-bond donors (Lipinski definition) is 3. The first-order chi connectivity index (χ1) is 13.9. The number of amides is 1. The van der Waals surface area contributed by atoms with Crippen LogP contribution in [0.3, 0.4) is 0 Å². The number of hydrogen-bond acceptors (Lipinski definition) is 5. The summed E-state index contributed by atoms with van der Waals surface area (Å²) in [5.74, 6) is 0.337. The van der Waals surface area contributed by atoms with Crippen LogP contribution in [-0.4, -0.2) is 23.5 Å². The summed E-state index contributed by atoms with van der Waals surface area (Å²) in [5, 5.41) is 4.44. The van der Waals surface area contributed by atoms with E-state index in [0.717, 1.165) is 34.4 Å². The number of carbonyl (C=O) groups is 1. The summed E-state index contributed by atoms with van der Waals surface area (Å²) in [4.78, 5) is 16.3. The van der Waals surface area contributed by atoms with Gasteiger partial charge in [-0.25, -0.2) is 0 Å². The first kappa shape index (κ1) is 20.6. The van der Waals surface area contributed by atoms with Crippen molar-refractivity contribution in [3.63, 3.8) is 0 Å². The molecule has 0 aliphatic rings. The number of nitrogens with one attached hydrogen (secondary N) is 1. The zero-order valence-electron chi connectivity index (χ0n) is 17.1. The molecule has 3 aromatic rings. The maximum absolute atomic E-state index is 11.8. The molecule has 152 valence electrons. The third-order valence-electron chi connectivity index (χ3n) is 4.83. The third kappa shape index (κ3) is 4.49. The molecule has 3 rings (SSSR count). The van der Waals surface area contributed by atoms with Crippen LogP contribution in [0.5, 0.6) is 5.75 Å². The Kier molecular flexibility index (Phi) is 6.34. The maximum atomic E-state index is 11.8. The van der Waals surface area contributed by atoms with Gasteiger partial charge in [0.15, 0.2) is 0 Å². The van der Waals surface area contributed by atoms with Gasteiger partial charge in [0, 0.05) is 23.8 Å². The largest absolute Gasteiger partial charge is 0.491 e. The van der Waals surface area contributed by atoms with Crippen LogP contribution in [0.15, 0.2) is 48.7 Å². The van der Waals surface area contributed by atoms with Gasteiger partial charge in [-0.15, -0.1) is 0 Å². The molecule has 1 aromatic heterocycles. The fraction of sp³-hybridized carbons (Fsp3) is 0.304. The molecule has 6 heteroatoms. The van der Waals surface area contributed by atoms with Crippen molar-refractivity contribution in [1.82, 2.24) is 4.98 Å². The van der Waals surface area contributed by atoms with Gasteiger partial charge in [-0.3, -0.25) is 9.78 Å². The highest BCUT2D eigenvalue weighted by Crippen LogP contribution is 2.31. The van der Waals surface area contributed by atoms with E-state index >= 15 is 0 Å². The number of primary amides is 1. The molecule has 1 atom stereocenters. The van der Waals surface area contributed by atoms with Gasteiger partial charge >= 0.3 is 0 Å². The van der Waals surface area contributed by atoms with Crippen molar-refractivity contribution in [2.45, 2.75) is 39.3 Å². The number of fused-ring (bicyclic) bond motifs is 1. The molecule has 0 fully saturated rings. The van der Waals surface area contributed by atoms with Crippen molar-refractivity contribution in [2.24, 2.45) is 11.5 Å². The number of nitrogens with zero attached hydrogens (tertiary/aromatic N) is 1. The Morgan fingerprint density at radius 3 is 2.48 bits per heavy atom. The zero-order valence-corrected chi connectivity index (χ0v) is 17.1. The number of benzene rings is 2. The fourth-order valence-corrected chi connectivity index (χ4v) is 3.41. The minimum Gasteiger partial charge on any atom is -0.491 e. The number of rotatable bonds is 8. The Morgan fingerprint density at radius 2 is 1.90 bits per heavy atom. The predicted molar refractivity (Wildman–Crippen MR) is 117 cm³/mol. The summed E-state index contributed by atoms with van der Waals surface area (Å²) in [7, 11) is 0. The van der Waals surface area contributed by atoms with Crippen molar-refractivity contribution < 1.29 is 9.53 Å². The van der Waals surface area contributed by atoms with E-state index in [1.54, 1.807) is 12.3 Å². The van der Waals surface area contributed by atoms with E-state index in [0.29, 0.717) is 17.6 Å². The number of ether oxygens (including phenoxy) is 1. The van der Waals surface area contributed by atoms with Crippen molar-refractivity contribution in [1.29, 1.82) is 0 Å². The van der Waals surface area contributed by atoms with Crippen LogP contribution in [0.4, 0.5) is 5.69 Å². The first-order valence-corrected chi connectivity index (χ1v) is 9.88. The average Bonchev–Trinajstić information content (AvgIpc) is 2.71. The number of aromatic nitrogens is 1.